The number of hydrogen-bond donors (Lipinski definition) is 1. The average Bonchev–Trinajstić information content (AvgIpc) is 2.49. The number of rotatable bonds is 5. The van der Waals surface area contributed by atoms with Crippen LogP contribution in [0.4, 0.5) is 18.9 Å². The predicted molar refractivity (Wildman–Crippen MR) is 86.2 cm³/mol. The normalized spacial score (nSPS) is 10.9. The van der Waals surface area contributed by atoms with E-state index < -0.39 is 6.36 Å². The van der Waals surface area contributed by atoms with Crippen LogP contribution in [0, 0.1) is 11.3 Å². The number of ether oxygens (including phenoxy) is 1. The van der Waals surface area contributed by atoms with Crippen LogP contribution in [0.3, 0.4) is 0 Å². The molecular formula is C18H15F3N2O. The highest BCUT2D eigenvalue weighted by Crippen LogP contribution is 2.38. The van der Waals surface area contributed by atoms with E-state index in [1.54, 1.807) is 30.3 Å². The first-order valence-electron chi connectivity index (χ1n) is 7.10. The van der Waals surface area contributed by atoms with E-state index in [-0.39, 0.29) is 17.7 Å². The third-order valence-corrected chi connectivity index (χ3v) is 3.40. The summed E-state index contributed by atoms with van der Waals surface area (Å²) in [7, 11) is 0. The van der Waals surface area contributed by atoms with E-state index >= 15 is 0 Å². The zero-order valence-corrected chi connectivity index (χ0v) is 12.7. The highest BCUT2D eigenvalue weighted by atomic mass is 19.4. The van der Waals surface area contributed by atoms with Gasteiger partial charge in [-0.1, -0.05) is 24.3 Å². The number of halogens is 3. The van der Waals surface area contributed by atoms with Gasteiger partial charge < -0.3 is 10.5 Å². The van der Waals surface area contributed by atoms with Crippen molar-refractivity contribution in [3.63, 3.8) is 0 Å². The molecule has 124 valence electrons. The molecule has 2 aromatic carbocycles. The Kier molecular flexibility index (Phi) is 5.14. The largest absolute Gasteiger partial charge is 0.573 e. The minimum atomic E-state index is -4.82. The number of nitriles is 1. The molecule has 0 atom stereocenters. The van der Waals surface area contributed by atoms with Crippen LogP contribution in [0.25, 0.3) is 11.1 Å². The second-order valence-electron chi connectivity index (χ2n) is 5.08. The van der Waals surface area contributed by atoms with Gasteiger partial charge in [-0.15, -0.1) is 19.8 Å². The minimum Gasteiger partial charge on any atom is -0.405 e. The summed E-state index contributed by atoms with van der Waals surface area (Å²) < 4.78 is 42.2. The third-order valence-electron chi connectivity index (χ3n) is 3.40. The van der Waals surface area contributed by atoms with Gasteiger partial charge >= 0.3 is 6.36 Å². The molecule has 0 radical (unpaired) electrons. The second kappa shape index (κ2) is 7.09. The highest BCUT2D eigenvalue weighted by molar-refractivity contribution is 5.76. The molecule has 0 bridgehead atoms. The fraction of sp³-hybridized carbons (Fsp3) is 0.167. The molecule has 2 rings (SSSR count). The summed E-state index contributed by atoms with van der Waals surface area (Å²) in [5, 5.41) is 8.95. The molecule has 2 aromatic rings. The number of anilines is 1. The van der Waals surface area contributed by atoms with Gasteiger partial charge in [-0.3, -0.25) is 0 Å². The van der Waals surface area contributed by atoms with Crippen molar-refractivity contribution in [2.45, 2.75) is 19.2 Å². The third kappa shape index (κ3) is 4.07. The fourth-order valence-electron chi connectivity index (χ4n) is 2.44. The fourth-order valence-corrected chi connectivity index (χ4v) is 2.44. The standard InChI is InChI=1S/C18H15F3N2O/c1-2-4-13-11-14(7-8-15(13)23)17-12(9-10-22)5-3-6-16(17)24-18(19,20)21/h2-3,5-8,11H,1,4,9,23H2. The molecule has 2 N–H and O–H groups in total. The van der Waals surface area contributed by atoms with Crippen LogP contribution in [0.2, 0.25) is 0 Å². The van der Waals surface area contributed by atoms with Crippen LogP contribution < -0.4 is 10.5 Å². The maximum atomic E-state index is 12.7. The van der Waals surface area contributed by atoms with Crippen LogP contribution >= 0.6 is 0 Å². The average molecular weight is 332 g/mol. The SMILES string of the molecule is C=CCc1cc(-c2c(CC#N)cccc2OC(F)(F)F)ccc1N. The number of nitrogens with zero attached hydrogens (tertiary/aromatic N) is 1. The van der Waals surface area contributed by atoms with Crippen molar-refractivity contribution < 1.29 is 17.9 Å². The topological polar surface area (TPSA) is 59.0 Å². The molecule has 0 amide bonds. The van der Waals surface area contributed by atoms with Gasteiger partial charge in [0.15, 0.2) is 0 Å². The zero-order valence-electron chi connectivity index (χ0n) is 12.7. The lowest BCUT2D eigenvalue weighted by atomic mass is 9.94. The molecule has 0 heterocycles. The van der Waals surface area contributed by atoms with Crippen molar-refractivity contribution in [1.82, 2.24) is 0 Å². The van der Waals surface area contributed by atoms with Crippen molar-refractivity contribution in [2.24, 2.45) is 0 Å². The summed E-state index contributed by atoms with van der Waals surface area (Å²) in [4.78, 5) is 0. The van der Waals surface area contributed by atoms with Crippen LogP contribution in [0.5, 0.6) is 5.75 Å². The summed E-state index contributed by atoms with van der Waals surface area (Å²) in [5.74, 6) is -0.343. The Morgan fingerprint density at radius 1 is 1.21 bits per heavy atom. The first kappa shape index (κ1) is 17.4. The number of benzene rings is 2. The number of nitrogen functional groups attached to an aromatic ring is 1. The van der Waals surface area contributed by atoms with Gasteiger partial charge in [0.05, 0.1) is 12.5 Å². The summed E-state index contributed by atoms with van der Waals surface area (Å²) in [6.45, 7) is 3.64. The number of hydrogen-bond acceptors (Lipinski definition) is 3. The number of alkyl halides is 3. The van der Waals surface area contributed by atoms with E-state index in [0.717, 1.165) is 5.56 Å². The summed E-state index contributed by atoms with van der Waals surface area (Å²) >= 11 is 0. The molecule has 0 aliphatic heterocycles. The van der Waals surface area contributed by atoms with E-state index in [4.69, 9.17) is 11.0 Å². The van der Waals surface area contributed by atoms with Gasteiger partial charge in [-0.2, -0.15) is 5.26 Å². The molecule has 0 fully saturated rings. The molecule has 0 aliphatic carbocycles. The van der Waals surface area contributed by atoms with Crippen molar-refractivity contribution in [3.05, 3.63) is 60.2 Å². The number of nitrogens with two attached hydrogens (primary N) is 1. The Labute approximate surface area is 137 Å². The minimum absolute atomic E-state index is 0.0362. The summed E-state index contributed by atoms with van der Waals surface area (Å²) in [5.41, 5.74) is 8.34. The van der Waals surface area contributed by atoms with E-state index in [0.29, 0.717) is 23.2 Å². The smallest absolute Gasteiger partial charge is 0.405 e. The van der Waals surface area contributed by atoms with Gasteiger partial charge in [0.2, 0.25) is 0 Å². The molecule has 0 spiro atoms. The van der Waals surface area contributed by atoms with Crippen LogP contribution in [-0.2, 0) is 12.8 Å². The van der Waals surface area contributed by atoms with Crippen LogP contribution in [0.1, 0.15) is 11.1 Å². The molecule has 0 aromatic heterocycles. The lowest BCUT2D eigenvalue weighted by Crippen LogP contribution is -2.18. The molecular weight excluding hydrogens is 317 g/mol. The number of allylic oxidation sites excluding steroid dienone is 1. The van der Waals surface area contributed by atoms with E-state index in [1.165, 1.54) is 12.1 Å². The van der Waals surface area contributed by atoms with Crippen LogP contribution in [-0.4, -0.2) is 6.36 Å². The molecule has 0 saturated carbocycles. The molecule has 6 heteroatoms. The molecule has 3 nitrogen and oxygen atoms in total. The van der Waals surface area contributed by atoms with E-state index in [1.807, 2.05) is 6.07 Å². The monoisotopic (exact) mass is 332 g/mol. The van der Waals surface area contributed by atoms with Gasteiger partial charge in [0.25, 0.3) is 0 Å². The summed E-state index contributed by atoms with van der Waals surface area (Å²) in [6, 6.07) is 11.1. The van der Waals surface area contributed by atoms with Gasteiger partial charge in [0, 0.05) is 11.3 Å². The van der Waals surface area contributed by atoms with E-state index in [2.05, 4.69) is 11.3 Å². The van der Waals surface area contributed by atoms with Gasteiger partial charge in [0.1, 0.15) is 5.75 Å². The Morgan fingerprint density at radius 2 is 1.96 bits per heavy atom. The first-order chi connectivity index (χ1) is 11.4. The van der Waals surface area contributed by atoms with Gasteiger partial charge in [-0.25, -0.2) is 0 Å². The predicted octanol–water partition coefficient (Wildman–Crippen LogP) is 4.63. The van der Waals surface area contributed by atoms with E-state index in [9.17, 15) is 13.2 Å². The van der Waals surface area contributed by atoms with Gasteiger partial charge in [-0.05, 0) is 41.3 Å². The molecule has 24 heavy (non-hydrogen) atoms. The van der Waals surface area contributed by atoms with Crippen molar-refractivity contribution >= 4 is 5.69 Å². The quantitative estimate of drug-likeness (QED) is 0.641. The lowest BCUT2D eigenvalue weighted by molar-refractivity contribution is -0.274. The lowest BCUT2D eigenvalue weighted by Gasteiger charge is -2.17. The highest BCUT2D eigenvalue weighted by Gasteiger charge is 2.32. The second-order valence-corrected chi connectivity index (χ2v) is 5.08. The molecule has 0 aliphatic rings. The zero-order chi connectivity index (χ0) is 17.7. The van der Waals surface area contributed by atoms with Crippen molar-refractivity contribution in [1.29, 1.82) is 5.26 Å². The maximum absolute atomic E-state index is 12.7. The van der Waals surface area contributed by atoms with Crippen LogP contribution in [0.15, 0.2) is 49.1 Å². The van der Waals surface area contributed by atoms with Crippen molar-refractivity contribution in [2.75, 3.05) is 5.73 Å². The molecule has 0 saturated heterocycles. The Balaban J connectivity index is 2.64. The first-order valence-corrected chi connectivity index (χ1v) is 7.10. The molecule has 0 unspecified atom stereocenters. The Morgan fingerprint density at radius 3 is 2.58 bits per heavy atom. The maximum Gasteiger partial charge on any atom is 0.573 e. The Hall–Kier alpha value is -2.94. The summed E-state index contributed by atoms with van der Waals surface area (Å²) in [6.07, 6.45) is -2.72. The van der Waals surface area contributed by atoms with Crippen molar-refractivity contribution in [3.8, 4) is 22.9 Å². The Bertz CT molecular complexity index is 792.